The van der Waals surface area contributed by atoms with Crippen molar-refractivity contribution in [2.24, 2.45) is 0 Å². The number of halogens is 2. The molecule has 1 aliphatic carbocycles. The molecule has 29 heavy (non-hydrogen) atoms. The summed E-state index contributed by atoms with van der Waals surface area (Å²) in [7, 11) is 1.72. The van der Waals surface area contributed by atoms with Crippen molar-refractivity contribution in [2.75, 3.05) is 7.11 Å². The van der Waals surface area contributed by atoms with E-state index in [1.807, 2.05) is 30.3 Å². The zero-order valence-electron chi connectivity index (χ0n) is 16.6. The van der Waals surface area contributed by atoms with E-state index < -0.39 is 0 Å². The third-order valence-corrected chi connectivity index (χ3v) is 5.78. The summed E-state index contributed by atoms with van der Waals surface area (Å²) < 4.78 is 18.8. The summed E-state index contributed by atoms with van der Waals surface area (Å²) in [6.45, 7) is 0.775. The van der Waals surface area contributed by atoms with Gasteiger partial charge >= 0.3 is 0 Å². The van der Waals surface area contributed by atoms with Gasteiger partial charge < -0.3 is 10.1 Å². The third-order valence-electron chi connectivity index (χ3n) is 5.78. The first-order valence-electron chi connectivity index (χ1n) is 9.92. The summed E-state index contributed by atoms with van der Waals surface area (Å²) in [5, 5.41) is 3.78. The van der Waals surface area contributed by atoms with Gasteiger partial charge in [-0.2, -0.15) is 0 Å². The van der Waals surface area contributed by atoms with Gasteiger partial charge in [-0.05, 0) is 54.2 Å². The Bertz CT molecular complexity index is 928. The van der Waals surface area contributed by atoms with Crippen LogP contribution in [0, 0.1) is 5.82 Å². The van der Waals surface area contributed by atoms with Gasteiger partial charge in [-0.15, -0.1) is 17.0 Å². The molecule has 4 heteroatoms. The molecule has 0 radical (unpaired) electrons. The van der Waals surface area contributed by atoms with E-state index in [0.717, 1.165) is 31.6 Å². The minimum Gasteiger partial charge on any atom is -0.496 e. The average Bonchev–Trinajstić information content (AvgIpc) is 2.75. The molecule has 0 aliphatic heterocycles. The van der Waals surface area contributed by atoms with Crippen molar-refractivity contribution in [1.29, 1.82) is 0 Å². The first-order chi connectivity index (χ1) is 13.7. The van der Waals surface area contributed by atoms with Crippen LogP contribution in [0.4, 0.5) is 4.39 Å². The van der Waals surface area contributed by atoms with Gasteiger partial charge in [-0.1, -0.05) is 54.6 Å². The highest BCUT2D eigenvalue weighted by molar-refractivity contribution is 8.93. The van der Waals surface area contributed by atoms with Gasteiger partial charge in [0, 0.05) is 24.1 Å². The Labute approximate surface area is 182 Å². The number of nitrogens with one attached hydrogen (secondary N) is 1. The second-order valence-corrected chi connectivity index (χ2v) is 7.47. The predicted octanol–water partition coefficient (Wildman–Crippen LogP) is 5.84. The van der Waals surface area contributed by atoms with E-state index in [1.54, 1.807) is 19.2 Å². The standard InChI is InChI=1S/C25H26FNO.BrH/c1-28-25-9-5-3-7-20(25)17-27-24-15-12-19-6-2-4-8-22(19)23(24)16-18-10-13-21(26)14-11-18;/h2-11,13-14,23-24,27H,12,15-17H2,1H3;1H. The van der Waals surface area contributed by atoms with E-state index in [4.69, 9.17) is 4.74 Å². The lowest BCUT2D eigenvalue weighted by Gasteiger charge is -2.35. The van der Waals surface area contributed by atoms with Crippen molar-refractivity contribution in [3.63, 3.8) is 0 Å². The molecular weight excluding hydrogens is 429 g/mol. The molecule has 0 heterocycles. The van der Waals surface area contributed by atoms with Crippen LogP contribution in [0.1, 0.15) is 34.6 Å². The number of fused-ring (bicyclic) bond motifs is 1. The van der Waals surface area contributed by atoms with Gasteiger partial charge in [-0.3, -0.25) is 0 Å². The maximum atomic E-state index is 13.3. The summed E-state index contributed by atoms with van der Waals surface area (Å²) in [5.41, 5.74) is 5.19. The highest BCUT2D eigenvalue weighted by Crippen LogP contribution is 2.35. The second-order valence-electron chi connectivity index (χ2n) is 7.47. The van der Waals surface area contributed by atoms with Crippen molar-refractivity contribution >= 4 is 17.0 Å². The zero-order valence-corrected chi connectivity index (χ0v) is 18.3. The molecule has 152 valence electrons. The SMILES string of the molecule is Br.COc1ccccc1CNC1CCc2ccccc2C1Cc1ccc(F)cc1. The fourth-order valence-electron chi connectivity index (χ4n) is 4.31. The van der Waals surface area contributed by atoms with E-state index in [-0.39, 0.29) is 22.8 Å². The number of hydrogen-bond donors (Lipinski definition) is 1. The fraction of sp³-hybridized carbons (Fsp3) is 0.280. The van der Waals surface area contributed by atoms with E-state index in [1.165, 1.54) is 22.3 Å². The Hall–Kier alpha value is -2.17. The lowest BCUT2D eigenvalue weighted by Crippen LogP contribution is -2.39. The number of para-hydroxylation sites is 1. The van der Waals surface area contributed by atoms with Crippen molar-refractivity contribution in [3.8, 4) is 5.75 Å². The van der Waals surface area contributed by atoms with E-state index in [9.17, 15) is 4.39 Å². The molecule has 4 rings (SSSR count). The van der Waals surface area contributed by atoms with Crippen LogP contribution < -0.4 is 10.1 Å². The monoisotopic (exact) mass is 455 g/mol. The maximum Gasteiger partial charge on any atom is 0.123 e. The maximum absolute atomic E-state index is 13.3. The van der Waals surface area contributed by atoms with Crippen LogP contribution in [-0.4, -0.2) is 13.2 Å². The van der Waals surface area contributed by atoms with Crippen molar-refractivity contribution < 1.29 is 9.13 Å². The molecule has 0 aromatic heterocycles. The molecule has 0 amide bonds. The number of benzene rings is 3. The van der Waals surface area contributed by atoms with Gasteiger partial charge in [0.1, 0.15) is 11.6 Å². The highest BCUT2D eigenvalue weighted by atomic mass is 79.9. The van der Waals surface area contributed by atoms with Gasteiger partial charge in [0.25, 0.3) is 0 Å². The van der Waals surface area contributed by atoms with Crippen LogP contribution in [0.3, 0.4) is 0 Å². The normalized spacial score (nSPS) is 17.9. The quantitative estimate of drug-likeness (QED) is 0.503. The van der Waals surface area contributed by atoms with Crippen LogP contribution in [0.25, 0.3) is 0 Å². The lowest BCUT2D eigenvalue weighted by atomic mass is 9.76. The van der Waals surface area contributed by atoms with E-state index in [2.05, 4.69) is 35.6 Å². The Balaban J connectivity index is 0.00000240. The minimum absolute atomic E-state index is 0. The van der Waals surface area contributed by atoms with Gasteiger partial charge in [0.05, 0.1) is 7.11 Å². The molecule has 0 saturated heterocycles. The molecule has 2 unspecified atom stereocenters. The third kappa shape index (κ3) is 5.06. The van der Waals surface area contributed by atoms with E-state index in [0.29, 0.717) is 12.0 Å². The van der Waals surface area contributed by atoms with Gasteiger partial charge in [-0.25, -0.2) is 4.39 Å². The summed E-state index contributed by atoms with van der Waals surface area (Å²) in [5.74, 6) is 1.10. The lowest BCUT2D eigenvalue weighted by molar-refractivity contribution is 0.373. The Morgan fingerprint density at radius 1 is 0.966 bits per heavy atom. The molecule has 3 aromatic carbocycles. The summed E-state index contributed by atoms with van der Waals surface area (Å²) in [6, 6.07) is 24.2. The number of hydrogen-bond acceptors (Lipinski definition) is 2. The Morgan fingerprint density at radius 3 is 2.48 bits per heavy atom. The Morgan fingerprint density at radius 2 is 1.69 bits per heavy atom. The second kappa shape index (κ2) is 10.0. The first kappa shape index (κ1) is 21.5. The van der Waals surface area contributed by atoms with Crippen LogP contribution in [0.5, 0.6) is 5.75 Å². The van der Waals surface area contributed by atoms with Crippen LogP contribution in [-0.2, 0) is 19.4 Å². The van der Waals surface area contributed by atoms with Gasteiger partial charge in [0.15, 0.2) is 0 Å². The molecule has 0 spiro atoms. The van der Waals surface area contributed by atoms with Crippen LogP contribution in [0.15, 0.2) is 72.8 Å². The molecular formula is C25H27BrFNO. The Kier molecular flexibility index (Phi) is 7.45. The first-order valence-corrected chi connectivity index (χ1v) is 9.92. The average molecular weight is 456 g/mol. The molecule has 1 N–H and O–H groups in total. The topological polar surface area (TPSA) is 21.3 Å². The van der Waals surface area contributed by atoms with Crippen molar-refractivity contribution in [1.82, 2.24) is 5.32 Å². The summed E-state index contributed by atoms with van der Waals surface area (Å²) in [6.07, 6.45) is 3.08. The molecule has 0 saturated carbocycles. The molecule has 2 nitrogen and oxygen atoms in total. The van der Waals surface area contributed by atoms with Crippen molar-refractivity contribution in [3.05, 3.63) is 101 Å². The van der Waals surface area contributed by atoms with Crippen molar-refractivity contribution in [2.45, 2.75) is 37.8 Å². The number of ether oxygens (including phenoxy) is 1. The molecule has 0 fully saturated rings. The molecule has 3 aromatic rings. The molecule has 0 bridgehead atoms. The largest absolute Gasteiger partial charge is 0.496 e. The smallest absolute Gasteiger partial charge is 0.123 e. The van der Waals surface area contributed by atoms with Gasteiger partial charge in [0.2, 0.25) is 0 Å². The predicted molar refractivity (Wildman–Crippen MR) is 122 cm³/mol. The minimum atomic E-state index is -0.182. The molecule has 1 aliphatic rings. The van der Waals surface area contributed by atoms with Crippen LogP contribution >= 0.6 is 17.0 Å². The highest BCUT2D eigenvalue weighted by Gasteiger charge is 2.29. The summed E-state index contributed by atoms with van der Waals surface area (Å²) in [4.78, 5) is 0. The molecule has 2 atom stereocenters. The number of rotatable bonds is 6. The zero-order chi connectivity index (χ0) is 19.3. The van der Waals surface area contributed by atoms with E-state index >= 15 is 0 Å². The number of methoxy groups -OCH3 is 1. The van der Waals surface area contributed by atoms with Crippen LogP contribution in [0.2, 0.25) is 0 Å². The fourth-order valence-corrected chi connectivity index (χ4v) is 4.31. The number of aryl methyl sites for hydroxylation is 1. The summed E-state index contributed by atoms with van der Waals surface area (Å²) >= 11 is 0.